The predicted molar refractivity (Wildman–Crippen MR) is 73.5 cm³/mol. The maximum Gasteiger partial charge on any atom is 0.129 e. The molecule has 0 amide bonds. The van der Waals surface area contributed by atoms with Gasteiger partial charge in [-0.2, -0.15) is 0 Å². The molecule has 0 fully saturated rings. The van der Waals surface area contributed by atoms with Crippen LogP contribution in [0.15, 0.2) is 12.1 Å². The van der Waals surface area contributed by atoms with Crippen LogP contribution in [0.2, 0.25) is 0 Å². The van der Waals surface area contributed by atoms with Gasteiger partial charge in [-0.05, 0) is 36.8 Å². The molecular weight excluding hydrogens is 208 g/mol. The van der Waals surface area contributed by atoms with Crippen molar-refractivity contribution in [1.29, 1.82) is 0 Å². The molecule has 2 nitrogen and oxygen atoms in total. The van der Waals surface area contributed by atoms with Crippen molar-refractivity contribution in [1.82, 2.24) is 4.98 Å². The summed E-state index contributed by atoms with van der Waals surface area (Å²) in [6, 6.07) is 4.47. The third kappa shape index (κ3) is 2.80. The first-order chi connectivity index (χ1) is 7.99. The van der Waals surface area contributed by atoms with E-state index in [1.165, 1.54) is 30.5 Å². The first kappa shape index (κ1) is 12.4. The zero-order valence-electron chi connectivity index (χ0n) is 11.5. The molecule has 1 aliphatic heterocycles. The third-order valence-corrected chi connectivity index (χ3v) is 3.51. The Morgan fingerprint density at radius 3 is 2.82 bits per heavy atom. The summed E-state index contributed by atoms with van der Waals surface area (Å²) in [7, 11) is 0. The molecule has 1 aromatic rings. The van der Waals surface area contributed by atoms with Crippen molar-refractivity contribution in [2.45, 2.75) is 52.4 Å². The van der Waals surface area contributed by atoms with E-state index in [4.69, 9.17) is 4.98 Å². The highest BCUT2D eigenvalue weighted by Crippen LogP contribution is 2.31. The summed E-state index contributed by atoms with van der Waals surface area (Å²) in [6.07, 6.45) is 3.57. The van der Waals surface area contributed by atoms with Gasteiger partial charge in [0, 0.05) is 17.7 Å². The lowest BCUT2D eigenvalue weighted by Crippen LogP contribution is -2.23. The van der Waals surface area contributed by atoms with E-state index in [1.807, 2.05) is 0 Å². The van der Waals surface area contributed by atoms with Crippen LogP contribution in [0.25, 0.3) is 0 Å². The maximum absolute atomic E-state index is 4.83. The molecule has 17 heavy (non-hydrogen) atoms. The monoisotopic (exact) mass is 232 g/mol. The van der Waals surface area contributed by atoms with E-state index < -0.39 is 0 Å². The van der Waals surface area contributed by atoms with E-state index in [-0.39, 0.29) is 5.41 Å². The topological polar surface area (TPSA) is 24.9 Å². The van der Waals surface area contributed by atoms with Crippen molar-refractivity contribution in [3.63, 3.8) is 0 Å². The van der Waals surface area contributed by atoms with Crippen LogP contribution in [-0.2, 0) is 11.8 Å². The highest BCUT2D eigenvalue weighted by Gasteiger charge is 2.24. The fourth-order valence-corrected chi connectivity index (χ4v) is 2.83. The number of pyridine rings is 1. The van der Waals surface area contributed by atoms with Gasteiger partial charge < -0.3 is 5.32 Å². The fraction of sp³-hybridized carbons (Fsp3) is 0.667. The van der Waals surface area contributed by atoms with E-state index >= 15 is 0 Å². The number of nitrogens with zero attached hydrogens (tertiary/aromatic N) is 1. The van der Waals surface area contributed by atoms with Crippen LogP contribution in [0.5, 0.6) is 0 Å². The zero-order chi connectivity index (χ0) is 12.5. The summed E-state index contributed by atoms with van der Waals surface area (Å²) in [5, 5.41) is 3.42. The minimum Gasteiger partial charge on any atom is -0.370 e. The number of aryl methyl sites for hydroxylation is 1. The molecule has 0 unspecified atom stereocenters. The van der Waals surface area contributed by atoms with E-state index in [2.05, 4.69) is 45.1 Å². The Balaban J connectivity index is 2.27. The van der Waals surface area contributed by atoms with Crippen molar-refractivity contribution >= 4 is 5.82 Å². The number of fused-ring (bicyclic) bond motifs is 1. The molecule has 2 rings (SSSR count). The molecule has 1 aliphatic rings. The van der Waals surface area contributed by atoms with Crippen molar-refractivity contribution in [3.8, 4) is 0 Å². The van der Waals surface area contributed by atoms with Gasteiger partial charge >= 0.3 is 0 Å². The van der Waals surface area contributed by atoms with Crippen molar-refractivity contribution in [3.05, 3.63) is 23.4 Å². The Morgan fingerprint density at radius 2 is 2.12 bits per heavy atom. The van der Waals surface area contributed by atoms with Gasteiger partial charge in [0.1, 0.15) is 5.82 Å². The zero-order valence-corrected chi connectivity index (χ0v) is 11.5. The standard InChI is InChI=1S/C15H24N2/c1-11(2)10-15(3,4)13-8-7-12-6-5-9-16-14(12)17-13/h7-8,11H,5-6,9-10H2,1-4H3,(H,16,17). The van der Waals surface area contributed by atoms with E-state index in [9.17, 15) is 0 Å². The Labute approximate surface area is 105 Å². The smallest absolute Gasteiger partial charge is 0.129 e. The molecule has 0 bridgehead atoms. The first-order valence-corrected chi connectivity index (χ1v) is 6.73. The Hall–Kier alpha value is -1.05. The molecule has 2 heterocycles. The predicted octanol–water partition coefficient (Wildman–Crippen LogP) is 3.76. The molecule has 1 N–H and O–H groups in total. The van der Waals surface area contributed by atoms with Gasteiger partial charge in [-0.1, -0.05) is 33.8 Å². The summed E-state index contributed by atoms with van der Waals surface area (Å²) >= 11 is 0. The Kier molecular flexibility index (Phi) is 3.41. The number of aromatic nitrogens is 1. The van der Waals surface area contributed by atoms with Gasteiger partial charge in [-0.15, -0.1) is 0 Å². The Morgan fingerprint density at radius 1 is 1.35 bits per heavy atom. The van der Waals surface area contributed by atoms with E-state index in [1.54, 1.807) is 0 Å². The second-order valence-corrected chi connectivity index (χ2v) is 6.22. The Bertz CT molecular complexity index is 394. The number of anilines is 1. The van der Waals surface area contributed by atoms with Crippen molar-refractivity contribution in [2.24, 2.45) is 5.92 Å². The SMILES string of the molecule is CC(C)CC(C)(C)c1ccc2c(n1)NCCC2. The van der Waals surface area contributed by atoms with Crippen LogP contribution in [0, 0.1) is 5.92 Å². The highest BCUT2D eigenvalue weighted by atomic mass is 15.0. The molecule has 0 atom stereocenters. The molecule has 0 saturated heterocycles. The molecule has 0 saturated carbocycles. The summed E-state index contributed by atoms with van der Waals surface area (Å²) in [4.78, 5) is 4.83. The highest BCUT2D eigenvalue weighted by molar-refractivity contribution is 5.47. The lowest BCUT2D eigenvalue weighted by molar-refractivity contribution is 0.391. The van der Waals surface area contributed by atoms with Gasteiger partial charge in [0.25, 0.3) is 0 Å². The fourth-order valence-electron chi connectivity index (χ4n) is 2.83. The largest absolute Gasteiger partial charge is 0.370 e. The van der Waals surface area contributed by atoms with E-state index in [0.29, 0.717) is 5.92 Å². The second-order valence-electron chi connectivity index (χ2n) is 6.22. The van der Waals surface area contributed by atoms with Crippen LogP contribution in [-0.4, -0.2) is 11.5 Å². The minimum atomic E-state index is 0.169. The lowest BCUT2D eigenvalue weighted by atomic mass is 9.80. The van der Waals surface area contributed by atoms with Crippen LogP contribution in [0.1, 0.15) is 51.8 Å². The normalized spacial score (nSPS) is 15.6. The molecule has 0 radical (unpaired) electrons. The number of nitrogens with one attached hydrogen (secondary N) is 1. The molecule has 94 valence electrons. The van der Waals surface area contributed by atoms with Crippen LogP contribution < -0.4 is 5.32 Å². The number of hydrogen-bond donors (Lipinski definition) is 1. The molecule has 2 heteroatoms. The molecule has 0 aliphatic carbocycles. The average Bonchev–Trinajstić information content (AvgIpc) is 2.26. The molecule has 1 aromatic heterocycles. The van der Waals surface area contributed by atoms with Gasteiger partial charge in [0.05, 0.1) is 0 Å². The quantitative estimate of drug-likeness (QED) is 0.858. The van der Waals surface area contributed by atoms with Crippen LogP contribution in [0.4, 0.5) is 5.82 Å². The average molecular weight is 232 g/mol. The maximum atomic E-state index is 4.83. The minimum absolute atomic E-state index is 0.169. The van der Waals surface area contributed by atoms with Crippen LogP contribution in [0.3, 0.4) is 0 Å². The van der Waals surface area contributed by atoms with Gasteiger partial charge in [0.2, 0.25) is 0 Å². The van der Waals surface area contributed by atoms with Crippen LogP contribution >= 0.6 is 0 Å². The second kappa shape index (κ2) is 4.67. The van der Waals surface area contributed by atoms with Gasteiger partial charge in [0.15, 0.2) is 0 Å². The molecule has 0 aromatic carbocycles. The van der Waals surface area contributed by atoms with Crippen molar-refractivity contribution in [2.75, 3.05) is 11.9 Å². The summed E-state index contributed by atoms with van der Waals surface area (Å²) in [6.45, 7) is 10.2. The van der Waals surface area contributed by atoms with Gasteiger partial charge in [-0.25, -0.2) is 4.98 Å². The number of rotatable bonds is 3. The van der Waals surface area contributed by atoms with Gasteiger partial charge in [-0.3, -0.25) is 0 Å². The number of hydrogen-bond acceptors (Lipinski definition) is 2. The van der Waals surface area contributed by atoms with E-state index in [0.717, 1.165) is 12.4 Å². The summed E-state index contributed by atoms with van der Waals surface area (Å²) in [5.41, 5.74) is 2.77. The summed E-state index contributed by atoms with van der Waals surface area (Å²) in [5.74, 6) is 1.82. The lowest BCUT2D eigenvalue weighted by Gasteiger charge is -2.28. The first-order valence-electron chi connectivity index (χ1n) is 6.73. The summed E-state index contributed by atoms with van der Waals surface area (Å²) < 4.78 is 0. The molecular formula is C15H24N2. The van der Waals surface area contributed by atoms with Crippen molar-refractivity contribution < 1.29 is 0 Å². The molecule has 0 spiro atoms. The third-order valence-electron chi connectivity index (χ3n) is 3.51.